The highest BCUT2D eigenvalue weighted by Crippen LogP contribution is 2.29. The maximum absolute atomic E-state index is 4.36. The Hall–Kier alpha value is -0.990. The van der Waals surface area contributed by atoms with Crippen molar-refractivity contribution in [3.05, 3.63) is 12.4 Å². The molecule has 0 radical (unpaired) electrons. The third-order valence-electron chi connectivity index (χ3n) is 3.31. The third kappa shape index (κ3) is 1.63. The molecule has 0 bridgehead atoms. The van der Waals surface area contributed by atoms with Crippen LogP contribution in [-0.2, 0) is 6.54 Å². The monoisotopic (exact) mass is 191 g/mol. The Balaban J connectivity index is 1.65. The molecule has 2 aliphatic carbocycles. The molecule has 1 heterocycles. The third-order valence-corrected chi connectivity index (χ3v) is 3.31. The molecule has 3 heteroatoms. The molecule has 1 aromatic heterocycles. The van der Waals surface area contributed by atoms with Gasteiger partial charge in [-0.15, -0.1) is 0 Å². The Morgan fingerprint density at radius 1 is 1.36 bits per heavy atom. The zero-order chi connectivity index (χ0) is 9.38. The van der Waals surface area contributed by atoms with E-state index in [2.05, 4.69) is 21.1 Å². The number of imidazole rings is 1. The van der Waals surface area contributed by atoms with Gasteiger partial charge in [0.2, 0.25) is 5.95 Å². The van der Waals surface area contributed by atoms with Crippen LogP contribution in [0, 0.1) is 5.92 Å². The van der Waals surface area contributed by atoms with Crippen LogP contribution in [0.4, 0.5) is 5.95 Å². The first-order valence-corrected chi connectivity index (χ1v) is 5.69. The average molecular weight is 191 g/mol. The van der Waals surface area contributed by atoms with Crippen LogP contribution < -0.4 is 5.32 Å². The largest absolute Gasteiger partial charge is 0.353 e. The van der Waals surface area contributed by atoms with Crippen LogP contribution >= 0.6 is 0 Å². The van der Waals surface area contributed by atoms with Crippen LogP contribution in [0.5, 0.6) is 0 Å². The first kappa shape index (κ1) is 8.33. The fourth-order valence-electron chi connectivity index (χ4n) is 1.96. The number of nitrogens with zero attached hydrogens (tertiary/aromatic N) is 2. The van der Waals surface area contributed by atoms with Crippen molar-refractivity contribution < 1.29 is 0 Å². The first-order valence-electron chi connectivity index (χ1n) is 5.69. The van der Waals surface area contributed by atoms with Gasteiger partial charge >= 0.3 is 0 Å². The van der Waals surface area contributed by atoms with E-state index in [4.69, 9.17) is 0 Å². The fourth-order valence-corrected chi connectivity index (χ4v) is 1.96. The second-order valence-electron chi connectivity index (χ2n) is 4.62. The van der Waals surface area contributed by atoms with Crippen LogP contribution in [0.25, 0.3) is 0 Å². The summed E-state index contributed by atoms with van der Waals surface area (Å²) in [6.45, 7) is 1.16. The fraction of sp³-hybridized carbons (Fsp3) is 0.727. The van der Waals surface area contributed by atoms with E-state index in [1.807, 2.05) is 6.20 Å². The topological polar surface area (TPSA) is 29.9 Å². The van der Waals surface area contributed by atoms with E-state index in [1.54, 1.807) is 0 Å². The number of aromatic nitrogens is 2. The average Bonchev–Trinajstić information content (AvgIpc) is 2.79. The molecule has 14 heavy (non-hydrogen) atoms. The highest BCUT2D eigenvalue weighted by Gasteiger charge is 2.24. The number of hydrogen-bond acceptors (Lipinski definition) is 2. The minimum atomic E-state index is 0.706. The summed E-state index contributed by atoms with van der Waals surface area (Å²) < 4.78 is 2.28. The lowest BCUT2D eigenvalue weighted by atomic mass is 9.85. The second-order valence-corrected chi connectivity index (χ2v) is 4.62. The van der Waals surface area contributed by atoms with E-state index in [1.165, 1.54) is 32.1 Å². The number of anilines is 1. The lowest BCUT2D eigenvalue weighted by Crippen LogP contribution is -2.19. The highest BCUT2D eigenvalue weighted by molar-refractivity contribution is 5.29. The molecule has 2 fully saturated rings. The summed E-state index contributed by atoms with van der Waals surface area (Å²) in [4.78, 5) is 4.36. The van der Waals surface area contributed by atoms with Crippen molar-refractivity contribution in [2.24, 2.45) is 5.92 Å². The number of nitrogens with one attached hydrogen (secondary N) is 1. The summed E-state index contributed by atoms with van der Waals surface area (Å²) in [5, 5.41) is 3.47. The smallest absolute Gasteiger partial charge is 0.202 e. The Kier molecular flexibility index (Phi) is 1.96. The van der Waals surface area contributed by atoms with Crippen LogP contribution in [0.15, 0.2) is 12.4 Å². The zero-order valence-electron chi connectivity index (χ0n) is 8.45. The highest BCUT2D eigenvalue weighted by atomic mass is 15.2. The maximum Gasteiger partial charge on any atom is 0.202 e. The zero-order valence-corrected chi connectivity index (χ0v) is 8.45. The minimum Gasteiger partial charge on any atom is -0.353 e. The molecule has 2 saturated carbocycles. The number of rotatable bonds is 4. The Morgan fingerprint density at radius 3 is 2.86 bits per heavy atom. The Morgan fingerprint density at radius 2 is 2.21 bits per heavy atom. The summed E-state index contributed by atoms with van der Waals surface area (Å²) in [5.41, 5.74) is 0. The van der Waals surface area contributed by atoms with Crippen molar-refractivity contribution in [3.8, 4) is 0 Å². The molecule has 3 nitrogen and oxygen atoms in total. The van der Waals surface area contributed by atoms with Gasteiger partial charge in [0.1, 0.15) is 0 Å². The van der Waals surface area contributed by atoms with Gasteiger partial charge in [0, 0.05) is 25.0 Å². The molecule has 0 amide bonds. The summed E-state index contributed by atoms with van der Waals surface area (Å²) in [7, 11) is 0. The second kappa shape index (κ2) is 3.30. The van der Waals surface area contributed by atoms with Gasteiger partial charge in [0.25, 0.3) is 0 Å². The molecule has 1 N–H and O–H groups in total. The van der Waals surface area contributed by atoms with E-state index in [0.717, 1.165) is 18.4 Å². The van der Waals surface area contributed by atoms with Gasteiger partial charge in [0.15, 0.2) is 0 Å². The van der Waals surface area contributed by atoms with Gasteiger partial charge in [-0.3, -0.25) is 0 Å². The van der Waals surface area contributed by atoms with Crippen molar-refractivity contribution >= 4 is 5.95 Å². The van der Waals surface area contributed by atoms with Crippen molar-refractivity contribution in [1.82, 2.24) is 9.55 Å². The maximum atomic E-state index is 4.36. The lowest BCUT2D eigenvalue weighted by molar-refractivity contribution is 0.278. The molecule has 1 aromatic rings. The molecule has 0 aromatic carbocycles. The summed E-state index contributed by atoms with van der Waals surface area (Å²) in [5.74, 6) is 1.99. The molecule has 0 spiro atoms. The van der Waals surface area contributed by atoms with Gasteiger partial charge in [-0.2, -0.15) is 0 Å². The summed E-state index contributed by atoms with van der Waals surface area (Å²) in [6, 6.07) is 0.706. The lowest BCUT2D eigenvalue weighted by Gasteiger charge is -2.26. The van der Waals surface area contributed by atoms with Crippen LogP contribution in [0.1, 0.15) is 32.1 Å². The predicted molar refractivity (Wildman–Crippen MR) is 56.2 cm³/mol. The van der Waals surface area contributed by atoms with Gasteiger partial charge in [-0.1, -0.05) is 6.42 Å². The molecule has 3 rings (SSSR count). The van der Waals surface area contributed by atoms with Gasteiger partial charge in [0.05, 0.1) is 0 Å². The van der Waals surface area contributed by atoms with Crippen LogP contribution in [0.3, 0.4) is 0 Å². The molecule has 76 valence electrons. The summed E-state index contributed by atoms with van der Waals surface area (Å²) in [6.07, 6.45) is 10.9. The normalized spacial score (nSPS) is 22.0. The number of hydrogen-bond donors (Lipinski definition) is 1. The van der Waals surface area contributed by atoms with E-state index < -0.39 is 0 Å². The quantitative estimate of drug-likeness (QED) is 0.791. The van der Waals surface area contributed by atoms with Crippen molar-refractivity contribution in [2.75, 3.05) is 5.32 Å². The molecule has 2 aliphatic rings. The van der Waals surface area contributed by atoms with E-state index >= 15 is 0 Å². The molecule has 0 saturated heterocycles. The molecular weight excluding hydrogens is 174 g/mol. The van der Waals surface area contributed by atoms with Gasteiger partial charge in [-0.05, 0) is 31.6 Å². The minimum absolute atomic E-state index is 0.706. The first-order chi connectivity index (χ1) is 6.92. The van der Waals surface area contributed by atoms with Crippen molar-refractivity contribution in [1.29, 1.82) is 0 Å². The Labute approximate surface area is 84.5 Å². The SMILES string of the molecule is c1cn(CC2CCC2)c(NC2CC2)n1. The predicted octanol–water partition coefficient (Wildman–Crippen LogP) is 2.26. The van der Waals surface area contributed by atoms with E-state index in [-0.39, 0.29) is 0 Å². The van der Waals surface area contributed by atoms with E-state index in [9.17, 15) is 0 Å². The van der Waals surface area contributed by atoms with Crippen molar-refractivity contribution in [3.63, 3.8) is 0 Å². The van der Waals surface area contributed by atoms with Gasteiger partial charge < -0.3 is 9.88 Å². The summed E-state index contributed by atoms with van der Waals surface area (Å²) >= 11 is 0. The standard InChI is InChI=1S/C11H17N3/c1-2-9(3-1)8-14-7-6-12-11(14)13-10-4-5-10/h6-7,9-10H,1-5,8H2,(H,12,13). The molecule has 0 unspecified atom stereocenters. The van der Waals surface area contributed by atoms with Gasteiger partial charge in [-0.25, -0.2) is 4.98 Å². The molecular formula is C11H17N3. The molecule has 0 aliphatic heterocycles. The Bertz CT molecular complexity index is 310. The van der Waals surface area contributed by atoms with Crippen LogP contribution in [0.2, 0.25) is 0 Å². The van der Waals surface area contributed by atoms with E-state index in [0.29, 0.717) is 6.04 Å². The van der Waals surface area contributed by atoms with Crippen LogP contribution in [-0.4, -0.2) is 15.6 Å². The molecule has 0 atom stereocenters. The van der Waals surface area contributed by atoms with Crippen molar-refractivity contribution in [2.45, 2.75) is 44.7 Å².